The first-order chi connectivity index (χ1) is 13.1. The molecule has 0 saturated carbocycles. The number of pyridine rings is 2. The summed E-state index contributed by atoms with van der Waals surface area (Å²) < 4.78 is 7.15. The highest BCUT2D eigenvalue weighted by atomic mass is 16.6. The fourth-order valence-electron chi connectivity index (χ4n) is 3.48. The number of hydrogen-bond acceptors (Lipinski definition) is 5. The van der Waals surface area contributed by atoms with Crippen molar-refractivity contribution >= 4 is 23.1 Å². The van der Waals surface area contributed by atoms with Crippen molar-refractivity contribution in [1.29, 1.82) is 0 Å². The first kappa shape index (κ1) is 19.9. The van der Waals surface area contributed by atoms with E-state index in [0.717, 1.165) is 18.4 Å². The largest absolute Gasteiger partial charge is 0.477 e. The maximum atomic E-state index is 12.5. The van der Waals surface area contributed by atoms with Gasteiger partial charge in [0.1, 0.15) is 16.8 Å². The Morgan fingerprint density at radius 1 is 1.36 bits per heavy atom. The van der Waals surface area contributed by atoms with Gasteiger partial charge in [-0.25, -0.2) is 14.6 Å². The van der Waals surface area contributed by atoms with Gasteiger partial charge in [-0.1, -0.05) is 0 Å². The Balaban J connectivity index is 1.99. The van der Waals surface area contributed by atoms with Gasteiger partial charge in [-0.05, 0) is 52.2 Å². The molecule has 150 valence electrons. The second-order valence-electron chi connectivity index (χ2n) is 8.18. The van der Waals surface area contributed by atoms with Crippen molar-refractivity contribution in [1.82, 2.24) is 14.5 Å². The minimum atomic E-state index is -1.28. The van der Waals surface area contributed by atoms with Crippen LogP contribution in [-0.4, -0.2) is 49.8 Å². The SMILES string of the molecule is Cc1cnc2c(c1)c(=O)c(C(=O)O)cn2CC1CCCN1C(=O)OC(C)(C)C. The molecule has 8 heteroatoms. The van der Waals surface area contributed by atoms with Crippen LogP contribution in [0, 0.1) is 6.92 Å². The number of carbonyl (C=O) groups excluding carboxylic acids is 1. The van der Waals surface area contributed by atoms with Crippen molar-refractivity contribution in [3.8, 4) is 0 Å². The minimum absolute atomic E-state index is 0.162. The van der Waals surface area contributed by atoms with E-state index in [0.29, 0.717) is 18.7 Å². The quantitative estimate of drug-likeness (QED) is 0.869. The molecule has 1 atom stereocenters. The number of nitrogens with zero attached hydrogens (tertiary/aromatic N) is 3. The Labute approximate surface area is 162 Å². The molecule has 1 unspecified atom stereocenters. The lowest BCUT2D eigenvalue weighted by Crippen LogP contribution is -2.41. The number of aryl methyl sites for hydroxylation is 1. The number of carboxylic acid groups (broad SMARTS) is 1. The summed E-state index contributed by atoms with van der Waals surface area (Å²) in [5.41, 5.74) is -0.261. The molecule has 3 rings (SSSR count). The number of rotatable bonds is 3. The molecule has 0 spiro atoms. The second-order valence-corrected chi connectivity index (χ2v) is 8.18. The van der Waals surface area contributed by atoms with Crippen LogP contribution in [0.4, 0.5) is 4.79 Å². The Bertz CT molecular complexity index is 990. The zero-order chi connectivity index (χ0) is 20.6. The molecule has 1 amide bonds. The predicted molar refractivity (Wildman–Crippen MR) is 104 cm³/mol. The minimum Gasteiger partial charge on any atom is -0.477 e. The average Bonchev–Trinajstić information content (AvgIpc) is 3.04. The Morgan fingerprint density at radius 3 is 2.71 bits per heavy atom. The Hall–Kier alpha value is -2.90. The average molecular weight is 387 g/mol. The van der Waals surface area contributed by atoms with Crippen LogP contribution < -0.4 is 5.43 Å². The number of fused-ring (bicyclic) bond motifs is 1. The molecule has 0 radical (unpaired) electrons. The van der Waals surface area contributed by atoms with E-state index in [9.17, 15) is 19.5 Å². The molecular weight excluding hydrogens is 362 g/mol. The molecule has 1 saturated heterocycles. The molecular formula is C20H25N3O5. The summed E-state index contributed by atoms with van der Waals surface area (Å²) in [6.07, 6.45) is 4.17. The van der Waals surface area contributed by atoms with Crippen LogP contribution in [0.3, 0.4) is 0 Å². The van der Waals surface area contributed by atoms with E-state index >= 15 is 0 Å². The fourth-order valence-corrected chi connectivity index (χ4v) is 3.48. The fraction of sp³-hybridized carbons (Fsp3) is 0.500. The molecule has 0 aromatic carbocycles. The first-order valence-corrected chi connectivity index (χ1v) is 9.29. The van der Waals surface area contributed by atoms with Crippen LogP contribution in [-0.2, 0) is 11.3 Å². The third-order valence-electron chi connectivity index (χ3n) is 4.69. The summed E-state index contributed by atoms with van der Waals surface area (Å²) >= 11 is 0. The third-order valence-corrected chi connectivity index (χ3v) is 4.69. The van der Waals surface area contributed by atoms with E-state index < -0.39 is 17.0 Å². The van der Waals surface area contributed by atoms with Gasteiger partial charge in [-0.3, -0.25) is 4.79 Å². The summed E-state index contributed by atoms with van der Waals surface area (Å²) in [6.45, 7) is 8.16. The predicted octanol–water partition coefficient (Wildman–Crippen LogP) is 2.80. The number of aromatic nitrogens is 2. The van der Waals surface area contributed by atoms with E-state index in [1.165, 1.54) is 6.20 Å². The number of amides is 1. The highest BCUT2D eigenvalue weighted by Crippen LogP contribution is 2.23. The Morgan fingerprint density at radius 2 is 2.07 bits per heavy atom. The van der Waals surface area contributed by atoms with Gasteiger partial charge in [0.05, 0.1) is 11.4 Å². The van der Waals surface area contributed by atoms with Gasteiger partial charge in [-0.15, -0.1) is 0 Å². The van der Waals surface area contributed by atoms with Gasteiger partial charge in [0.2, 0.25) is 5.43 Å². The number of carboxylic acids is 1. The molecule has 28 heavy (non-hydrogen) atoms. The van der Waals surface area contributed by atoms with Gasteiger partial charge in [0.15, 0.2) is 0 Å². The maximum absolute atomic E-state index is 12.5. The van der Waals surface area contributed by atoms with E-state index in [2.05, 4.69) is 4.98 Å². The number of likely N-dealkylation sites (tertiary alicyclic amines) is 1. The van der Waals surface area contributed by atoms with E-state index in [1.807, 2.05) is 20.8 Å². The van der Waals surface area contributed by atoms with Gasteiger partial charge in [-0.2, -0.15) is 0 Å². The van der Waals surface area contributed by atoms with Crippen molar-refractivity contribution in [2.24, 2.45) is 0 Å². The highest BCUT2D eigenvalue weighted by Gasteiger charge is 2.32. The van der Waals surface area contributed by atoms with Gasteiger partial charge < -0.3 is 19.3 Å². The number of ether oxygens (including phenoxy) is 1. The van der Waals surface area contributed by atoms with Gasteiger partial charge in [0, 0.05) is 25.5 Å². The van der Waals surface area contributed by atoms with Gasteiger partial charge in [0.25, 0.3) is 0 Å². The molecule has 2 aromatic rings. The molecule has 1 aliphatic rings. The number of hydrogen-bond donors (Lipinski definition) is 1. The van der Waals surface area contributed by atoms with Crippen LogP contribution in [0.5, 0.6) is 0 Å². The van der Waals surface area contributed by atoms with E-state index in [1.54, 1.807) is 28.7 Å². The first-order valence-electron chi connectivity index (χ1n) is 9.29. The standard InChI is InChI=1S/C20H25N3O5/c1-12-8-14-16(24)15(18(25)26)11-22(17(14)21-9-12)10-13-6-5-7-23(13)19(27)28-20(2,3)4/h8-9,11,13H,5-7,10H2,1-4H3,(H,25,26). The zero-order valence-corrected chi connectivity index (χ0v) is 16.6. The monoisotopic (exact) mass is 387 g/mol. The van der Waals surface area contributed by atoms with Crippen LogP contribution in [0.1, 0.15) is 49.5 Å². The van der Waals surface area contributed by atoms with Crippen molar-refractivity contribution < 1.29 is 19.4 Å². The third kappa shape index (κ3) is 4.00. The second kappa shape index (κ2) is 7.26. The number of aromatic carboxylic acids is 1. The van der Waals surface area contributed by atoms with Crippen LogP contribution in [0.2, 0.25) is 0 Å². The van der Waals surface area contributed by atoms with Crippen molar-refractivity contribution in [2.75, 3.05) is 6.54 Å². The number of carbonyl (C=O) groups is 2. The lowest BCUT2D eigenvalue weighted by atomic mass is 10.1. The van der Waals surface area contributed by atoms with E-state index in [4.69, 9.17) is 4.74 Å². The summed E-state index contributed by atoms with van der Waals surface area (Å²) in [4.78, 5) is 42.6. The summed E-state index contributed by atoms with van der Waals surface area (Å²) in [7, 11) is 0. The zero-order valence-electron chi connectivity index (χ0n) is 16.6. The Kier molecular flexibility index (Phi) is 5.14. The molecule has 0 aliphatic carbocycles. The highest BCUT2D eigenvalue weighted by molar-refractivity contribution is 5.91. The van der Waals surface area contributed by atoms with Crippen LogP contribution in [0.25, 0.3) is 11.0 Å². The molecule has 1 N–H and O–H groups in total. The van der Waals surface area contributed by atoms with Crippen LogP contribution in [0.15, 0.2) is 23.3 Å². The van der Waals surface area contributed by atoms with Crippen molar-refractivity contribution in [3.63, 3.8) is 0 Å². The van der Waals surface area contributed by atoms with Crippen LogP contribution >= 0.6 is 0 Å². The summed E-state index contributed by atoms with van der Waals surface area (Å²) in [5, 5.41) is 9.69. The van der Waals surface area contributed by atoms with Crippen molar-refractivity contribution in [3.05, 3.63) is 39.8 Å². The lowest BCUT2D eigenvalue weighted by molar-refractivity contribution is 0.0214. The van der Waals surface area contributed by atoms with Crippen molar-refractivity contribution in [2.45, 2.75) is 58.7 Å². The maximum Gasteiger partial charge on any atom is 0.410 e. The molecule has 3 heterocycles. The molecule has 8 nitrogen and oxygen atoms in total. The van der Waals surface area contributed by atoms with Gasteiger partial charge >= 0.3 is 12.1 Å². The van der Waals surface area contributed by atoms with E-state index in [-0.39, 0.29) is 23.1 Å². The smallest absolute Gasteiger partial charge is 0.410 e. The normalized spacial score (nSPS) is 17.1. The topological polar surface area (TPSA) is 102 Å². The lowest BCUT2D eigenvalue weighted by Gasteiger charge is -2.29. The summed E-state index contributed by atoms with van der Waals surface area (Å²) in [6, 6.07) is 1.48. The molecule has 1 fully saturated rings. The molecule has 2 aromatic heterocycles. The molecule has 0 bridgehead atoms. The summed E-state index contributed by atoms with van der Waals surface area (Å²) in [5.74, 6) is -1.28. The molecule has 1 aliphatic heterocycles.